The zero-order chi connectivity index (χ0) is 13.0. The fourth-order valence-electron chi connectivity index (χ4n) is 2.10. The van der Waals surface area contributed by atoms with E-state index in [2.05, 4.69) is 10.3 Å². The van der Waals surface area contributed by atoms with Crippen LogP contribution >= 0.6 is 0 Å². The topological polar surface area (TPSA) is 77.2 Å². The summed E-state index contributed by atoms with van der Waals surface area (Å²) in [5.74, 6) is 0.246. The van der Waals surface area contributed by atoms with E-state index in [9.17, 15) is 4.79 Å². The van der Waals surface area contributed by atoms with Gasteiger partial charge in [0.05, 0.1) is 6.10 Å². The maximum atomic E-state index is 11.9. The lowest BCUT2D eigenvalue weighted by Gasteiger charge is -2.22. The standard InChI is InChI=1S/C13H19N3O2/c1-9-6-10(7-12(14)16-9)13(17)15-8-11-4-2-3-5-18-11/h6-7,11H,2-5,8H2,1H3,(H2,14,16)(H,15,17). The lowest BCUT2D eigenvalue weighted by Crippen LogP contribution is -2.35. The summed E-state index contributed by atoms with van der Waals surface area (Å²) in [5, 5.41) is 2.88. The van der Waals surface area contributed by atoms with Gasteiger partial charge in [-0.15, -0.1) is 0 Å². The van der Waals surface area contributed by atoms with Gasteiger partial charge in [0.25, 0.3) is 5.91 Å². The zero-order valence-corrected chi connectivity index (χ0v) is 10.6. The van der Waals surface area contributed by atoms with Crippen molar-refractivity contribution in [1.82, 2.24) is 10.3 Å². The van der Waals surface area contributed by atoms with Gasteiger partial charge in [-0.3, -0.25) is 4.79 Å². The van der Waals surface area contributed by atoms with Crippen LogP contribution in [-0.4, -0.2) is 30.1 Å². The molecular weight excluding hydrogens is 230 g/mol. The molecule has 0 aromatic carbocycles. The fraction of sp³-hybridized carbons (Fsp3) is 0.538. The van der Waals surface area contributed by atoms with E-state index < -0.39 is 0 Å². The van der Waals surface area contributed by atoms with Gasteiger partial charge in [0.2, 0.25) is 0 Å². The van der Waals surface area contributed by atoms with Gasteiger partial charge in [-0.1, -0.05) is 0 Å². The number of aryl methyl sites for hydroxylation is 1. The first-order valence-corrected chi connectivity index (χ1v) is 6.29. The minimum Gasteiger partial charge on any atom is -0.384 e. The summed E-state index contributed by atoms with van der Waals surface area (Å²) >= 11 is 0. The number of nitrogens with two attached hydrogens (primary N) is 1. The van der Waals surface area contributed by atoms with E-state index in [-0.39, 0.29) is 12.0 Å². The van der Waals surface area contributed by atoms with Crippen molar-refractivity contribution >= 4 is 11.7 Å². The molecule has 1 aromatic rings. The van der Waals surface area contributed by atoms with Crippen LogP contribution in [0.15, 0.2) is 12.1 Å². The molecule has 1 saturated heterocycles. The van der Waals surface area contributed by atoms with E-state index in [1.165, 1.54) is 6.42 Å². The lowest BCUT2D eigenvalue weighted by atomic mass is 10.1. The fourth-order valence-corrected chi connectivity index (χ4v) is 2.10. The number of carbonyl (C=O) groups excluding carboxylic acids is 1. The number of pyridine rings is 1. The van der Waals surface area contributed by atoms with Gasteiger partial charge in [0.15, 0.2) is 0 Å². The molecule has 1 atom stereocenters. The van der Waals surface area contributed by atoms with Crippen LogP contribution in [0.1, 0.15) is 35.3 Å². The highest BCUT2D eigenvalue weighted by atomic mass is 16.5. The summed E-state index contributed by atoms with van der Waals surface area (Å²) in [5.41, 5.74) is 6.92. The van der Waals surface area contributed by atoms with Gasteiger partial charge in [-0.2, -0.15) is 0 Å². The second kappa shape index (κ2) is 5.82. The van der Waals surface area contributed by atoms with Crippen LogP contribution in [0, 0.1) is 6.92 Å². The van der Waals surface area contributed by atoms with Gasteiger partial charge in [0.1, 0.15) is 5.82 Å². The van der Waals surface area contributed by atoms with Gasteiger partial charge < -0.3 is 15.8 Å². The molecule has 3 N–H and O–H groups in total. The van der Waals surface area contributed by atoms with E-state index in [0.717, 1.165) is 25.1 Å². The minimum atomic E-state index is -0.124. The number of rotatable bonds is 3. The molecule has 2 rings (SSSR count). The number of carbonyl (C=O) groups is 1. The Morgan fingerprint density at radius 3 is 3.06 bits per heavy atom. The minimum absolute atomic E-state index is 0.124. The quantitative estimate of drug-likeness (QED) is 0.845. The second-order valence-electron chi connectivity index (χ2n) is 4.62. The summed E-state index contributed by atoms with van der Waals surface area (Å²) in [4.78, 5) is 16.0. The maximum absolute atomic E-state index is 11.9. The Morgan fingerprint density at radius 2 is 2.39 bits per heavy atom. The third-order valence-electron chi connectivity index (χ3n) is 3.00. The first kappa shape index (κ1) is 12.8. The summed E-state index contributed by atoms with van der Waals surface area (Å²) in [6.07, 6.45) is 3.44. The molecule has 1 fully saturated rings. The summed E-state index contributed by atoms with van der Waals surface area (Å²) in [7, 11) is 0. The SMILES string of the molecule is Cc1cc(C(=O)NCC2CCCCO2)cc(N)n1. The predicted molar refractivity (Wildman–Crippen MR) is 69.3 cm³/mol. The monoisotopic (exact) mass is 249 g/mol. The number of aromatic nitrogens is 1. The Balaban J connectivity index is 1.90. The zero-order valence-electron chi connectivity index (χ0n) is 10.6. The number of nitrogens with one attached hydrogen (secondary N) is 1. The van der Waals surface area contributed by atoms with Crippen molar-refractivity contribution in [2.75, 3.05) is 18.9 Å². The van der Waals surface area contributed by atoms with Gasteiger partial charge in [-0.25, -0.2) is 4.98 Å². The molecule has 1 unspecified atom stereocenters. The molecular formula is C13H19N3O2. The van der Waals surface area contributed by atoms with Crippen molar-refractivity contribution in [3.63, 3.8) is 0 Å². The number of amides is 1. The van der Waals surface area contributed by atoms with Crippen LogP contribution in [0.3, 0.4) is 0 Å². The number of hydrogen-bond acceptors (Lipinski definition) is 4. The van der Waals surface area contributed by atoms with Gasteiger partial charge >= 0.3 is 0 Å². The van der Waals surface area contributed by atoms with E-state index in [4.69, 9.17) is 10.5 Å². The third-order valence-corrected chi connectivity index (χ3v) is 3.00. The summed E-state index contributed by atoms with van der Waals surface area (Å²) in [6, 6.07) is 3.32. The Morgan fingerprint density at radius 1 is 1.56 bits per heavy atom. The molecule has 0 bridgehead atoms. The largest absolute Gasteiger partial charge is 0.384 e. The molecule has 5 nitrogen and oxygen atoms in total. The predicted octanol–water partition coefficient (Wildman–Crippen LogP) is 1.27. The first-order valence-electron chi connectivity index (χ1n) is 6.29. The van der Waals surface area contributed by atoms with Crippen molar-refractivity contribution < 1.29 is 9.53 Å². The summed E-state index contributed by atoms with van der Waals surface area (Å²) < 4.78 is 5.56. The molecule has 1 aliphatic rings. The van der Waals surface area contributed by atoms with Crippen molar-refractivity contribution in [1.29, 1.82) is 0 Å². The molecule has 1 aliphatic heterocycles. The highest BCUT2D eigenvalue weighted by molar-refractivity contribution is 5.94. The smallest absolute Gasteiger partial charge is 0.251 e. The number of anilines is 1. The Hall–Kier alpha value is -1.62. The second-order valence-corrected chi connectivity index (χ2v) is 4.62. The van der Waals surface area contributed by atoms with Crippen molar-refractivity contribution in [3.05, 3.63) is 23.4 Å². The molecule has 98 valence electrons. The van der Waals surface area contributed by atoms with Crippen LogP contribution in [0.5, 0.6) is 0 Å². The molecule has 0 radical (unpaired) electrons. The molecule has 1 aromatic heterocycles. The highest BCUT2D eigenvalue weighted by Gasteiger charge is 2.15. The maximum Gasteiger partial charge on any atom is 0.251 e. The van der Waals surface area contributed by atoms with Gasteiger partial charge in [-0.05, 0) is 38.3 Å². The number of ether oxygens (including phenoxy) is 1. The first-order chi connectivity index (χ1) is 8.65. The van der Waals surface area contributed by atoms with Crippen LogP contribution in [-0.2, 0) is 4.74 Å². The van der Waals surface area contributed by atoms with Crippen LogP contribution in [0.4, 0.5) is 5.82 Å². The average Bonchev–Trinajstić information content (AvgIpc) is 2.36. The Bertz CT molecular complexity index is 408. The van der Waals surface area contributed by atoms with Crippen molar-refractivity contribution in [2.45, 2.75) is 32.3 Å². The molecule has 2 heterocycles. The van der Waals surface area contributed by atoms with Gasteiger partial charge in [0, 0.05) is 24.4 Å². The van der Waals surface area contributed by atoms with Crippen molar-refractivity contribution in [2.24, 2.45) is 0 Å². The Kier molecular flexibility index (Phi) is 4.15. The molecule has 0 saturated carbocycles. The Labute approximate surface area is 107 Å². The molecule has 5 heteroatoms. The summed E-state index contributed by atoms with van der Waals surface area (Å²) in [6.45, 7) is 3.17. The number of hydrogen-bond donors (Lipinski definition) is 2. The number of nitrogen functional groups attached to an aromatic ring is 1. The lowest BCUT2D eigenvalue weighted by molar-refractivity contribution is 0.0169. The van der Waals surface area contributed by atoms with E-state index in [1.807, 2.05) is 6.92 Å². The van der Waals surface area contributed by atoms with Crippen molar-refractivity contribution in [3.8, 4) is 0 Å². The van der Waals surface area contributed by atoms with E-state index in [1.54, 1.807) is 12.1 Å². The molecule has 0 aliphatic carbocycles. The third kappa shape index (κ3) is 3.43. The highest BCUT2D eigenvalue weighted by Crippen LogP contribution is 2.12. The van der Waals surface area contributed by atoms with E-state index in [0.29, 0.717) is 17.9 Å². The average molecular weight is 249 g/mol. The molecule has 18 heavy (non-hydrogen) atoms. The van der Waals surface area contributed by atoms with E-state index >= 15 is 0 Å². The van der Waals surface area contributed by atoms with Crippen LogP contribution in [0.25, 0.3) is 0 Å². The molecule has 0 spiro atoms. The van der Waals surface area contributed by atoms with Crippen LogP contribution < -0.4 is 11.1 Å². The normalized spacial score (nSPS) is 19.5. The van der Waals surface area contributed by atoms with Crippen LogP contribution in [0.2, 0.25) is 0 Å². The number of nitrogens with zero attached hydrogens (tertiary/aromatic N) is 1. The molecule has 1 amide bonds.